The van der Waals surface area contributed by atoms with Gasteiger partial charge in [0.05, 0.1) is 0 Å². The Morgan fingerprint density at radius 3 is 2.09 bits per heavy atom. The van der Waals surface area contributed by atoms with Gasteiger partial charge in [0.25, 0.3) is 11.8 Å². The first-order valence-electron chi connectivity index (χ1n) is 12.0. The molecule has 4 aliphatic rings. The first kappa shape index (κ1) is 22.0. The van der Waals surface area contributed by atoms with Crippen LogP contribution < -0.4 is 10.6 Å². The third kappa shape index (κ3) is 4.51. The van der Waals surface area contributed by atoms with Crippen LogP contribution in [0.5, 0.6) is 0 Å². The van der Waals surface area contributed by atoms with Crippen LogP contribution in [0.1, 0.15) is 77.3 Å². The number of aliphatic hydroxyl groups is 1. The molecule has 4 bridgehead atoms. The molecule has 3 N–H and O–H groups in total. The first-order chi connectivity index (χ1) is 15.9. The van der Waals surface area contributed by atoms with Crippen LogP contribution in [-0.4, -0.2) is 44.6 Å². The van der Waals surface area contributed by atoms with E-state index in [0.717, 1.165) is 43.5 Å². The van der Waals surface area contributed by atoms with Crippen LogP contribution in [-0.2, 0) is 6.42 Å². The zero-order valence-electron chi connectivity index (χ0n) is 19.1. The number of nitrogens with zero attached hydrogens (tertiary/aromatic N) is 2. The Hall–Kier alpha value is -2.80. The molecule has 2 aromatic heterocycles. The van der Waals surface area contributed by atoms with Crippen LogP contribution in [0.2, 0.25) is 0 Å². The van der Waals surface area contributed by atoms with Gasteiger partial charge in [0.2, 0.25) is 0 Å². The maximum Gasteiger partial charge on any atom is 0.270 e. The zero-order chi connectivity index (χ0) is 23.1. The SMILES string of the molecule is Cc1cccc(C(=O)NC23CC4CC(C2)CC(NC(=O)c2cccc(CCCO)n2)(C4)C3)n1. The summed E-state index contributed by atoms with van der Waals surface area (Å²) in [6.45, 7) is 1.99. The summed E-state index contributed by atoms with van der Waals surface area (Å²) in [7, 11) is 0. The molecule has 0 aliphatic heterocycles. The van der Waals surface area contributed by atoms with E-state index in [-0.39, 0.29) is 29.5 Å². The molecular weight excluding hydrogens is 416 g/mol. The molecule has 4 saturated carbocycles. The second kappa shape index (κ2) is 8.52. The highest BCUT2D eigenvalue weighted by Crippen LogP contribution is 2.57. The van der Waals surface area contributed by atoms with Gasteiger partial charge in [0.1, 0.15) is 11.4 Å². The number of aromatic nitrogens is 2. The predicted molar refractivity (Wildman–Crippen MR) is 124 cm³/mol. The Balaban J connectivity index is 1.34. The van der Waals surface area contributed by atoms with E-state index < -0.39 is 0 Å². The van der Waals surface area contributed by atoms with Gasteiger partial charge in [-0.25, -0.2) is 9.97 Å². The minimum atomic E-state index is -0.308. The molecule has 33 heavy (non-hydrogen) atoms. The summed E-state index contributed by atoms with van der Waals surface area (Å²) < 4.78 is 0. The second-order valence-electron chi connectivity index (χ2n) is 10.4. The van der Waals surface area contributed by atoms with Gasteiger partial charge in [-0.2, -0.15) is 0 Å². The lowest BCUT2D eigenvalue weighted by Crippen LogP contribution is -2.70. The van der Waals surface area contributed by atoms with Gasteiger partial charge in [-0.05, 0) is 94.4 Å². The summed E-state index contributed by atoms with van der Waals surface area (Å²) in [5, 5.41) is 15.8. The molecule has 2 aromatic rings. The van der Waals surface area contributed by atoms with Crippen molar-refractivity contribution in [1.82, 2.24) is 20.6 Å². The lowest BCUT2D eigenvalue weighted by atomic mass is 9.49. The summed E-state index contributed by atoms with van der Waals surface area (Å²) in [5.74, 6) is 0.729. The van der Waals surface area contributed by atoms with Crippen molar-refractivity contribution >= 4 is 11.8 Å². The highest BCUT2D eigenvalue weighted by Gasteiger charge is 2.58. The van der Waals surface area contributed by atoms with Gasteiger partial charge in [0, 0.05) is 29.1 Å². The lowest BCUT2D eigenvalue weighted by Gasteiger charge is -2.62. The van der Waals surface area contributed by atoms with E-state index >= 15 is 0 Å². The molecular formula is C26H32N4O3. The summed E-state index contributed by atoms with van der Waals surface area (Å²) in [5.41, 5.74) is 1.91. The summed E-state index contributed by atoms with van der Waals surface area (Å²) in [6.07, 6.45) is 7.05. The van der Waals surface area contributed by atoms with E-state index in [2.05, 4.69) is 20.6 Å². The van der Waals surface area contributed by atoms with Crippen LogP contribution in [0.3, 0.4) is 0 Å². The molecule has 0 spiro atoms. The summed E-state index contributed by atoms with van der Waals surface area (Å²) in [4.78, 5) is 35.2. The van der Waals surface area contributed by atoms with Crippen molar-refractivity contribution in [3.8, 4) is 0 Å². The van der Waals surface area contributed by atoms with Gasteiger partial charge in [-0.15, -0.1) is 0 Å². The Kier molecular flexibility index (Phi) is 5.69. The number of hydrogen-bond donors (Lipinski definition) is 3. The van der Waals surface area contributed by atoms with Gasteiger partial charge >= 0.3 is 0 Å². The van der Waals surface area contributed by atoms with Crippen molar-refractivity contribution in [1.29, 1.82) is 0 Å². The molecule has 174 valence electrons. The van der Waals surface area contributed by atoms with E-state index in [1.54, 1.807) is 12.1 Å². The standard InChI is InChI=1S/C26H32N4O3/c1-17-5-2-8-21(27-17)23(32)29-25-12-18-11-19(13-25)15-26(14-18,16-25)30-24(33)22-9-3-6-20(28-22)7-4-10-31/h2-3,5-6,8-9,18-19,31H,4,7,10-16H2,1H3,(H,29,32)(H,30,33). The quantitative estimate of drug-likeness (QED) is 0.604. The lowest BCUT2D eigenvalue weighted by molar-refractivity contribution is -0.0449. The van der Waals surface area contributed by atoms with Crippen LogP contribution in [0.25, 0.3) is 0 Å². The molecule has 0 saturated heterocycles. The van der Waals surface area contributed by atoms with Crippen LogP contribution >= 0.6 is 0 Å². The van der Waals surface area contributed by atoms with Crippen molar-refractivity contribution in [3.05, 3.63) is 59.2 Å². The maximum absolute atomic E-state index is 13.2. The Morgan fingerprint density at radius 1 is 0.939 bits per heavy atom. The molecule has 2 amide bonds. The number of amides is 2. The van der Waals surface area contributed by atoms with E-state index in [1.807, 2.05) is 31.2 Å². The Morgan fingerprint density at radius 2 is 1.52 bits per heavy atom. The number of rotatable bonds is 7. The largest absolute Gasteiger partial charge is 0.396 e. The molecule has 7 heteroatoms. The van der Waals surface area contributed by atoms with E-state index in [9.17, 15) is 9.59 Å². The first-order valence-corrected chi connectivity index (χ1v) is 12.0. The van der Waals surface area contributed by atoms with Gasteiger partial charge in [-0.3, -0.25) is 9.59 Å². The number of hydrogen-bond acceptors (Lipinski definition) is 5. The Labute approximate surface area is 194 Å². The van der Waals surface area contributed by atoms with Gasteiger partial charge < -0.3 is 15.7 Å². The smallest absolute Gasteiger partial charge is 0.270 e. The van der Waals surface area contributed by atoms with Gasteiger partial charge in [0.15, 0.2) is 0 Å². The average molecular weight is 449 g/mol. The third-order valence-corrected chi connectivity index (χ3v) is 7.57. The number of aliphatic hydroxyl groups excluding tert-OH is 1. The molecule has 0 aromatic carbocycles. The van der Waals surface area contributed by atoms with Crippen LogP contribution in [0.4, 0.5) is 0 Å². The van der Waals surface area contributed by atoms with Crippen molar-refractivity contribution in [2.24, 2.45) is 11.8 Å². The molecule has 7 nitrogen and oxygen atoms in total. The van der Waals surface area contributed by atoms with E-state index in [0.29, 0.717) is 36.1 Å². The summed E-state index contributed by atoms with van der Waals surface area (Å²) in [6, 6.07) is 11.0. The highest BCUT2D eigenvalue weighted by molar-refractivity contribution is 5.93. The molecule has 2 heterocycles. The predicted octanol–water partition coefficient (Wildman–Crippen LogP) is 2.96. The highest BCUT2D eigenvalue weighted by atomic mass is 16.3. The molecule has 0 radical (unpaired) electrons. The van der Waals surface area contributed by atoms with Crippen molar-refractivity contribution < 1.29 is 14.7 Å². The van der Waals surface area contributed by atoms with E-state index in [1.165, 1.54) is 6.42 Å². The molecule has 2 atom stereocenters. The minimum absolute atomic E-state index is 0.107. The fourth-order valence-corrected chi connectivity index (χ4v) is 6.84. The fraction of sp³-hybridized carbons (Fsp3) is 0.538. The van der Waals surface area contributed by atoms with E-state index in [4.69, 9.17) is 5.11 Å². The van der Waals surface area contributed by atoms with Crippen molar-refractivity contribution in [2.45, 2.75) is 69.4 Å². The van der Waals surface area contributed by atoms with Crippen molar-refractivity contribution in [2.75, 3.05) is 6.61 Å². The number of carbonyl (C=O) groups excluding carboxylic acids is 2. The number of aryl methyl sites for hydroxylation is 2. The number of carbonyl (C=O) groups is 2. The molecule has 4 fully saturated rings. The molecule has 6 rings (SSSR count). The zero-order valence-corrected chi connectivity index (χ0v) is 19.1. The Bertz CT molecular complexity index is 1060. The second-order valence-corrected chi connectivity index (χ2v) is 10.4. The minimum Gasteiger partial charge on any atom is -0.396 e. The third-order valence-electron chi connectivity index (χ3n) is 7.57. The number of pyridine rings is 2. The number of nitrogens with one attached hydrogen (secondary N) is 2. The maximum atomic E-state index is 13.2. The summed E-state index contributed by atoms with van der Waals surface area (Å²) >= 11 is 0. The average Bonchev–Trinajstić information content (AvgIpc) is 2.76. The normalized spacial score (nSPS) is 29.6. The fourth-order valence-electron chi connectivity index (χ4n) is 6.84. The van der Waals surface area contributed by atoms with Crippen LogP contribution in [0, 0.1) is 18.8 Å². The van der Waals surface area contributed by atoms with Gasteiger partial charge in [-0.1, -0.05) is 12.1 Å². The van der Waals surface area contributed by atoms with Crippen molar-refractivity contribution in [3.63, 3.8) is 0 Å². The molecule has 2 unspecified atom stereocenters. The monoisotopic (exact) mass is 448 g/mol. The van der Waals surface area contributed by atoms with Crippen LogP contribution in [0.15, 0.2) is 36.4 Å². The molecule has 4 aliphatic carbocycles. The topological polar surface area (TPSA) is 104 Å².